The van der Waals surface area contributed by atoms with Gasteiger partial charge in [-0.3, -0.25) is 0 Å². The minimum absolute atomic E-state index is 0.606. The minimum Gasteiger partial charge on any atom is -0.313 e. The summed E-state index contributed by atoms with van der Waals surface area (Å²) in [5.74, 6) is 1.84. The SMILES string of the molecule is CCCNC(CSc1cc(C)ccc1C)C(C)C. The van der Waals surface area contributed by atoms with E-state index in [1.165, 1.54) is 22.4 Å². The average Bonchev–Trinajstić information content (AvgIpc) is 2.33. The Morgan fingerprint density at radius 3 is 2.56 bits per heavy atom. The summed E-state index contributed by atoms with van der Waals surface area (Å²) >= 11 is 1.99. The Hall–Kier alpha value is -0.470. The molecule has 1 atom stereocenters. The van der Waals surface area contributed by atoms with Crippen LogP contribution in [0.25, 0.3) is 0 Å². The van der Waals surface area contributed by atoms with E-state index in [2.05, 4.69) is 58.1 Å². The van der Waals surface area contributed by atoms with Crippen LogP contribution in [-0.2, 0) is 0 Å². The van der Waals surface area contributed by atoms with Crippen LogP contribution in [0.2, 0.25) is 0 Å². The number of aryl methyl sites for hydroxylation is 2. The summed E-state index contributed by atoms with van der Waals surface area (Å²) in [6.45, 7) is 12.3. The molecule has 0 radical (unpaired) electrons. The molecule has 0 bridgehead atoms. The van der Waals surface area contributed by atoms with Crippen molar-refractivity contribution >= 4 is 11.8 Å². The number of thioether (sulfide) groups is 1. The monoisotopic (exact) mass is 265 g/mol. The van der Waals surface area contributed by atoms with E-state index in [0.717, 1.165) is 12.3 Å². The maximum Gasteiger partial charge on any atom is 0.0184 e. The smallest absolute Gasteiger partial charge is 0.0184 e. The van der Waals surface area contributed by atoms with Gasteiger partial charge in [-0.1, -0.05) is 38.5 Å². The predicted molar refractivity (Wildman–Crippen MR) is 83.6 cm³/mol. The fourth-order valence-corrected chi connectivity index (χ4v) is 3.29. The standard InChI is InChI=1S/C16H27NS/c1-6-9-17-15(12(2)3)11-18-16-10-13(4)7-8-14(16)5/h7-8,10,12,15,17H,6,9,11H2,1-5H3. The van der Waals surface area contributed by atoms with Crippen LogP contribution in [0.1, 0.15) is 38.3 Å². The van der Waals surface area contributed by atoms with Gasteiger partial charge in [0.25, 0.3) is 0 Å². The first kappa shape index (κ1) is 15.6. The van der Waals surface area contributed by atoms with Crippen LogP contribution in [0.3, 0.4) is 0 Å². The Morgan fingerprint density at radius 2 is 1.94 bits per heavy atom. The van der Waals surface area contributed by atoms with E-state index in [1.54, 1.807) is 0 Å². The molecule has 102 valence electrons. The van der Waals surface area contributed by atoms with Crippen LogP contribution in [0.5, 0.6) is 0 Å². The Labute approximate surface area is 117 Å². The maximum atomic E-state index is 3.65. The summed E-state index contributed by atoms with van der Waals surface area (Å²) in [5, 5.41) is 3.65. The van der Waals surface area contributed by atoms with Gasteiger partial charge < -0.3 is 5.32 Å². The summed E-state index contributed by atoms with van der Waals surface area (Å²) in [5.41, 5.74) is 2.74. The number of hydrogen-bond acceptors (Lipinski definition) is 2. The van der Waals surface area contributed by atoms with Crippen LogP contribution in [0.4, 0.5) is 0 Å². The molecule has 1 rings (SSSR count). The van der Waals surface area contributed by atoms with Crippen molar-refractivity contribution in [3.8, 4) is 0 Å². The van der Waals surface area contributed by atoms with Gasteiger partial charge in [0.2, 0.25) is 0 Å². The second-order valence-corrected chi connectivity index (χ2v) is 6.45. The Bertz CT molecular complexity index is 360. The van der Waals surface area contributed by atoms with Crippen molar-refractivity contribution in [2.45, 2.75) is 52.0 Å². The lowest BCUT2D eigenvalue weighted by molar-refractivity contribution is 0.434. The van der Waals surface area contributed by atoms with E-state index in [0.29, 0.717) is 12.0 Å². The van der Waals surface area contributed by atoms with Crippen LogP contribution in [0.15, 0.2) is 23.1 Å². The molecule has 0 heterocycles. The average molecular weight is 265 g/mol. The molecule has 0 spiro atoms. The third kappa shape index (κ3) is 5.03. The number of nitrogens with one attached hydrogen (secondary N) is 1. The highest BCUT2D eigenvalue weighted by atomic mass is 32.2. The zero-order valence-corrected chi connectivity index (χ0v) is 13.2. The molecule has 1 aromatic rings. The molecule has 0 aromatic heterocycles. The second-order valence-electron chi connectivity index (χ2n) is 5.38. The molecule has 1 nitrogen and oxygen atoms in total. The van der Waals surface area contributed by atoms with E-state index in [-0.39, 0.29) is 0 Å². The van der Waals surface area contributed by atoms with Gasteiger partial charge in [-0.25, -0.2) is 0 Å². The Kier molecular flexibility index (Phi) is 6.80. The third-order valence-electron chi connectivity index (χ3n) is 3.22. The van der Waals surface area contributed by atoms with Gasteiger partial charge >= 0.3 is 0 Å². The minimum atomic E-state index is 0.606. The number of benzene rings is 1. The Balaban J connectivity index is 2.58. The number of hydrogen-bond donors (Lipinski definition) is 1. The molecule has 0 fully saturated rings. The van der Waals surface area contributed by atoms with Crippen molar-refractivity contribution in [2.75, 3.05) is 12.3 Å². The highest BCUT2D eigenvalue weighted by Crippen LogP contribution is 2.25. The lowest BCUT2D eigenvalue weighted by Gasteiger charge is -2.22. The molecule has 1 N–H and O–H groups in total. The van der Waals surface area contributed by atoms with Crippen molar-refractivity contribution in [3.63, 3.8) is 0 Å². The van der Waals surface area contributed by atoms with Gasteiger partial charge in [0, 0.05) is 16.7 Å². The molecule has 1 unspecified atom stereocenters. The zero-order valence-electron chi connectivity index (χ0n) is 12.4. The molecule has 0 amide bonds. The molecule has 0 saturated carbocycles. The first-order valence-electron chi connectivity index (χ1n) is 6.98. The van der Waals surface area contributed by atoms with Crippen molar-refractivity contribution in [1.29, 1.82) is 0 Å². The predicted octanol–water partition coefficient (Wildman–Crippen LogP) is 4.42. The van der Waals surface area contributed by atoms with Crippen molar-refractivity contribution < 1.29 is 0 Å². The normalized spacial score (nSPS) is 13.0. The van der Waals surface area contributed by atoms with E-state index in [4.69, 9.17) is 0 Å². The molecular weight excluding hydrogens is 238 g/mol. The van der Waals surface area contributed by atoms with Crippen molar-refractivity contribution in [3.05, 3.63) is 29.3 Å². The topological polar surface area (TPSA) is 12.0 Å². The zero-order chi connectivity index (χ0) is 13.5. The quantitative estimate of drug-likeness (QED) is 0.732. The summed E-state index contributed by atoms with van der Waals surface area (Å²) in [6.07, 6.45) is 1.21. The molecule has 0 aliphatic carbocycles. The molecule has 1 aromatic carbocycles. The first-order chi connectivity index (χ1) is 8.54. The van der Waals surface area contributed by atoms with Crippen LogP contribution in [-0.4, -0.2) is 18.3 Å². The van der Waals surface area contributed by atoms with E-state index >= 15 is 0 Å². The van der Waals surface area contributed by atoms with Gasteiger partial charge in [0.1, 0.15) is 0 Å². The fourth-order valence-electron chi connectivity index (χ4n) is 1.86. The van der Waals surface area contributed by atoms with Crippen LogP contribution < -0.4 is 5.32 Å². The van der Waals surface area contributed by atoms with Crippen LogP contribution >= 0.6 is 11.8 Å². The van der Waals surface area contributed by atoms with Gasteiger partial charge in [-0.15, -0.1) is 11.8 Å². The van der Waals surface area contributed by atoms with Crippen molar-refractivity contribution in [1.82, 2.24) is 5.32 Å². The summed E-state index contributed by atoms with van der Waals surface area (Å²) in [7, 11) is 0. The lowest BCUT2D eigenvalue weighted by atomic mass is 10.1. The van der Waals surface area contributed by atoms with E-state index < -0.39 is 0 Å². The molecule has 2 heteroatoms. The van der Waals surface area contributed by atoms with Gasteiger partial charge in [0.05, 0.1) is 0 Å². The molecule has 0 aliphatic rings. The van der Waals surface area contributed by atoms with E-state index in [1.807, 2.05) is 11.8 Å². The fraction of sp³-hybridized carbons (Fsp3) is 0.625. The number of rotatable bonds is 7. The van der Waals surface area contributed by atoms with Crippen LogP contribution in [0, 0.1) is 19.8 Å². The highest BCUT2D eigenvalue weighted by molar-refractivity contribution is 7.99. The second kappa shape index (κ2) is 7.85. The summed E-state index contributed by atoms with van der Waals surface area (Å²) in [6, 6.07) is 7.32. The highest BCUT2D eigenvalue weighted by Gasteiger charge is 2.13. The molecule has 0 aliphatic heterocycles. The van der Waals surface area contributed by atoms with Crippen molar-refractivity contribution in [2.24, 2.45) is 5.92 Å². The lowest BCUT2D eigenvalue weighted by Crippen LogP contribution is -2.36. The maximum absolute atomic E-state index is 3.65. The molecule has 0 saturated heterocycles. The van der Waals surface area contributed by atoms with Gasteiger partial charge in [-0.05, 0) is 44.4 Å². The summed E-state index contributed by atoms with van der Waals surface area (Å²) in [4.78, 5) is 1.43. The largest absolute Gasteiger partial charge is 0.313 e. The Morgan fingerprint density at radius 1 is 1.22 bits per heavy atom. The van der Waals surface area contributed by atoms with E-state index in [9.17, 15) is 0 Å². The third-order valence-corrected chi connectivity index (χ3v) is 4.50. The van der Waals surface area contributed by atoms with Gasteiger partial charge in [-0.2, -0.15) is 0 Å². The summed E-state index contributed by atoms with van der Waals surface area (Å²) < 4.78 is 0. The first-order valence-corrected chi connectivity index (χ1v) is 7.96. The molecule has 18 heavy (non-hydrogen) atoms. The van der Waals surface area contributed by atoms with Gasteiger partial charge in [0.15, 0.2) is 0 Å². The molecular formula is C16H27NS.